The minimum atomic E-state index is -0.443. The maximum Gasteiger partial charge on any atom is 0.410 e. The fraction of sp³-hybridized carbons (Fsp3) is 0.917. The Labute approximate surface area is 105 Å². The molecule has 0 atom stereocenters. The molecule has 0 spiro atoms. The number of nitrogens with zero attached hydrogens (tertiary/aromatic N) is 1. The summed E-state index contributed by atoms with van der Waals surface area (Å²) in [6.45, 7) is 8.94. The van der Waals surface area contributed by atoms with Crippen molar-refractivity contribution in [3.63, 3.8) is 0 Å². The van der Waals surface area contributed by atoms with Crippen molar-refractivity contribution in [1.82, 2.24) is 4.90 Å². The highest BCUT2D eigenvalue weighted by molar-refractivity contribution is 5.68. The first-order valence-corrected chi connectivity index (χ1v) is 6.07. The monoisotopic (exact) mass is 248 g/mol. The quantitative estimate of drug-likeness (QED) is 0.724. The summed E-state index contributed by atoms with van der Waals surface area (Å²) in [7, 11) is 1.50. The Bertz CT molecular complexity index is 191. The van der Waals surface area contributed by atoms with Crippen molar-refractivity contribution in [3.8, 4) is 0 Å². The number of unbranched alkanes of at least 4 members (excludes halogenated alkanes) is 1. The number of amides is 1. The van der Waals surface area contributed by atoms with Gasteiger partial charge in [-0.2, -0.15) is 0 Å². The minimum Gasteiger partial charge on any atom is -0.444 e. The Balaban J connectivity index is 0. The standard InChI is InChI=1S/C11H23NO3.CH5N/c1-5-12(8-6-7-9-13)10(14)15-11(2,3)4;1-2/h13H,5-9H2,1-4H3;2H2,1H3. The molecule has 0 saturated carbocycles. The lowest BCUT2D eigenvalue weighted by Gasteiger charge is -2.26. The van der Waals surface area contributed by atoms with E-state index in [0.717, 1.165) is 12.8 Å². The molecule has 5 heteroatoms. The van der Waals surface area contributed by atoms with E-state index in [2.05, 4.69) is 5.73 Å². The topological polar surface area (TPSA) is 75.8 Å². The number of aliphatic hydroxyl groups excluding tert-OH is 1. The molecule has 0 saturated heterocycles. The summed E-state index contributed by atoms with van der Waals surface area (Å²) in [5.41, 5.74) is 4.06. The van der Waals surface area contributed by atoms with Gasteiger partial charge in [0.15, 0.2) is 0 Å². The second-order valence-electron chi connectivity index (χ2n) is 4.49. The van der Waals surface area contributed by atoms with Crippen LogP contribution < -0.4 is 5.73 Å². The first-order valence-electron chi connectivity index (χ1n) is 6.07. The van der Waals surface area contributed by atoms with E-state index in [9.17, 15) is 4.79 Å². The van der Waals surface area contributed by atoms with Crippen molar-refractivity contribution in [2.75, 3.05) is 26.7 Å². The van der Waals surface area contributed by atoms with E-state index in [1.807, 2.05) is 27.7 Å². The molecule has 3 N–H and O–H groups in total. The molecule has 0 radical (unpaired) electrons. The zero-order valence-corrected chi connectivity index (χ0v) is 11.8. The van der Waals surface area contributed by atoms with E-state index in [1.165, 1.54) is 7.05 Å². The predicted molar refractivity (Wildman–Crippen MR) is 69.9 cm³/mol. The molecule has 0 bridgehead atoms. The van der Waals surface area contributed by atoms with Gasteiger partial charge in [0.2, 0.25) is 0 Å². The van der Waals surface area contributed by atoms with Crippen molar-refractivity contribution < 1.29 is 14.6 Å². The number of nitrogens with two attached hydrogens (primary N) is 1. The van der Waals surface area contributed by atoms with Gasteiger partial charge in [-0.25, -0.2) is 4.79 Å². The van der Waals surface area contributed by atoms with Gasteiger partial charge in [-0.15, -0.1) is 0 Å². The summed E-state index contributed by atoms with van der Waals surface area (Å²) in [5.74, 6) is 0. The van der Waals surface area contributed by atoms with E-state index in [-0.39, 0.29) is 12.7 Å². The normalized spacial score (nSPS) is 10.3. The third-order valence-electron chi connectivity index (χ3n) is 1.87. The molecular weight excluding hydrogens is 220 g/mol. The Morgan fingerprint density at radius 2 is 1.82 bits per heavy atom. The van der Waals surface area contributed by atoms with Crippen molar-refractivity contribution in [2.45, 2.75) is 46.1 Å². The van der Waals surface area contributed by atoms with E-state index >= 15 is 0 Å². The van der Waals surface area contributed by atoms with Crippen LogP contribution in [0.3, 0.4) is 0 Å². The molecule has 0 aliphatic carbocycles. The summed E-state index contributed by atoms with van der Waals surface area (Å²) in [5, 5.41) is 8.64. The first kappa shape index (κ1) is 18.6. The van der Waals surface area contributed by atoms with Crippen molar-refractivity contribution in [1.29, 1.82) is 0 Å². The Hall–Kier alpha value is -0.810. The van der Waals surface area contributed by atoms with Crippen LogP contribution in [0.1, 0.15) is 40.5 Å². The maximum atomic E-state index is 11.6. The van der Waals surface area contributed by atoms with E-state index in [4.69, 9.17) is 9.84 Å². The smallest absolute Gasteiger partial charge is 0.410 e. The van der Waals surface area contributed by atoms with Crippen LogP contribution in [0.4, 0.5) is 4.79 Å². The molecule has 5 nitrogen and oxygen atoms in total. The second kappa shape index (κ2) is 10.4. The highest BCUT2D eigenvalue weighted by atomic mass is 16.6. The molecule has 104 valence electrons. The van der Waals surface area contributed by atoms with Crippen LogP contribution in [0.2, 0.25) is 0 Å². The van der Waals surface area contributed by atoms with Crippen LogP contribution >= 0.6 is 0 Å². The van der Waals surface area contributed by atoms with Gasteiger partial charge in [0.1, 0.15) is 5.60 Å². The number of rotatable bonds is 5. The SMILES string of the molecule is CCN(CCCCO)C(=O)OC(C)(C)C.CN. The average Bonchev–Trinajstić information content (AvgIpc) is 2.25. The maximum absolute atomic E-state index is 11.6. The summed E-state index contributed by atoms with van der Waals surface area (Å²) in [6.07, 6.45) is 1.26. The van der Waals surface area contributed by atoms with Gasteiger partial charge in [0, 0.05) is 19.7 Å². The second-order valence-corrected chi connectivity index (χ2v) is 4.49. The van der Waals surface area contributed by atoms with E-state index in [1.54, 1.807) is 4.90 Å². The van der Waals surface area contributed by atoms with Crippen LogP contribution in [0.25, 0.3) is 0 Å². The number of ether oxygens (including phenoxy) is 1. The summed E-state index contributed by atoms with van der Waals surface area (Å²) in [4.78, 5) is 13.3. The highest BCUT2D eigenvalue weighted by Gasteiger charge is 2.20. The van der Waals surface area contributed by atoms with Gasteiger partial charge in [-0.1, -0.05) is 0 Å². The van der Waals surface area contributed by atoms with Gasteiger partial charge in [-0.05, 0) is 47.6 Å². The summed E-state index contributed by atoms with van der Waals surface area (Å²) >= 11 is 0. The molecule has 17 heavy (non-hydrogen) atoms. The third-order valence-corrected chi connectivity index (χ3v) is 1.87. The van der Waals surface area contributed by atoms with Gasteiger partial charge in [0.05, 0.1) is 0 Å². The van der Waals surface area contributed by atoms with Crippen LogP contribution in [0, 0.1) is 0 Å². The molecule has 0 heterocycles. The van der Waals surface area contributed by atoms with Crippen LogP contribution in [-0.2, 0) is 4.74 Å². The van der Waals surface area contributed by atoms with Gasteiger partial charge >= 0.3 is 6.09 Å². The van der Waals surface area contributed by atoms with Gasteiger partial charge in [-0.3, -0.25) is 0 Å². The first-order chi connectivity index (χ1) is 7.90. The largest absolute Gasteiger partial charge is 0.444 e. The molecule has 0 fully saturated rings. The fourth-order valence-electron chi connectivity index (χ4n) is 1.12. The highest BCUT2D eigenvalue weighted by Crippen LogP contribution is 2.10. The molecule has 0 rings (SSSR count). The van der Waals surface area contributed by atoms with Crippen LogP contribution in [0.15, 0.2) is 0 Å². The number of carbonyl (C=O) groups is 1. The van der Waals surface area contributed by atoms with Crippen molar-refractivity contribution in [3.05, 3.63) is 0 Å². The van der Waals surface area contributed by atoms with Gasteiger partial charge in [0.25, 0.3) is 0 Å². The molecule has 0 aromatic carbocycles. The molecule has 0 unspecified atom stereocenters. The molecule has 0 aromatic rings. The molecule has 1 amide bonds. The zero-order valence-electron chi connectivity index (χ0n) is 11.8. The van der Waals surface area contributed by atoms with Crippen molar-refractivity contribution in [2.24, 2.45) is 5.73 Å². The molecular formula is C12H28N2O3. The fourth-order valence-corrected chi connectivity index (χ4v) is 1.12. The Morgan fingerprint density at radius 3 is 2.18 bits per heavy atom. The predicted octanol–water partition coefficient (Wildman–Crippen LogP) is 1.59. The number of carbonyl (C=O) groups excluding carboxylic acids is 1. The number of hydrogen-bond donors (Lipinski definition) is 2. The molecule has 0 aromatic heterocycles. The van der Waals surface area contributed by atoms with Gasteiger partial charge < -0.3 is 20.5 Å². The summed E-state index contributed by atoms with van der Waals surface area (Å²) < 4.78 is 5.25. The lowest BCUT2D eigenvalue weighted by atomic mass is 10.2. The summed E-state index contributed by atoms with van der Waals surface area (Å²) in [6, 6.07) is 0. The number of aliphatic hydroxyl groups is 1. The molecule has 0 aliphatic heterocycles. The van der Waals surface area contributed by atoms with Crippen LogP contribution in [-0.4, -0.2) is 48.4 Å². The Morgan fingerprint density at radius 1 is 1.29 bits per heavy atom. The van der Waals surface area contributed by atoms with Crippen molar-refractivity contribution >= 4 is 6.09 Å². The lowest BCUT2D eigenvalue weighted by molar-refractivity contribution is 0.0255. The van der Waals surface area contributed by atoms with E-state index in [0.29, 0.717) is 13.1 Å². The number of hydrogen-bond acceptors (Lipinski definition) is 4. The average molecular weight is 248 g/mol. The van der Waals surface area contributed by atoms with E-state index < -0.39 is 5.60 Å². The van der Waals surface area contributed by atoms with Crippen LogP contribution in [0.5, 0.6) is 0 Å². The third kappa shape index (κ3) is 11.5. The zero-order chi connectivity index (χ0) is 13.9. The molecule has 0 aliphatic rings. The lowest BCUT2D eigenvalue weighted by Crippen LogP contribution is -2.37. The minimum absolute atomic E-state index is 0.172. The Kier molecular flexibility index (Phi) is 11.3.